The molecule has 1 saturated carbocycles. The number of likely N-dealkylation sites (tertiary alicyclic amines) is 1. The van der Waals surface area contributed by atoms with Crippen molar-refractivity contribution in [3.05, 3.63) is 33.4 Å². The SMILES string of the molecule is CC(C)C(=O)N1CCc2c(nc3cc([C@@H]4CCCN4C(=O)C4CC4)[nH]n3c2=O)C1. The fourth-order valence-corrected chi connectivity index (χ4v) is 4.65. The molecule has 5 rings (SSSR count). The average Bonchev–Trinajstić information content (AvgIpc) is 3.28. The fourth-order valence-electron chi connectivity index (χ4n) is 4.65. The second-order valence-electron chi connectivity index (χ2n) is 8.88. The molecule has 2 aromatic rings. The van der Waals surface area contributed by atoms with E-state index in [0.29, 0.717) is 36.4 Å². The highest BCUT2D eigenvalue weighted by Crippen LogP contribution is 2.38. The summed E-state index contributed by atoms with van der Waals surface area (Å²) in [4.78, 5) is 46.5. The Balaban J connectivity index is 1.48. The van der Waals surface area contributed by atoms with Crippen LogP contribution >= 0.6 is 0 Å². The Kier molecular flexibility index (Phi) is 4.26. The first kappa shape index (κ1) is 18.4. The lowest BCUT2D eigenvalue weighted by Gasteiger charge is -2.29. The molecular weight excluding hydrogens is 370 g/mol. The van der Waals surface area contributed by atoms with E-state index in [-0.39, 0.29) is 35.3 Å². The number of nitrogens with one attached hydrogen (secondary N) is 1. The summed E-state index contributed by atoms with van der Waals surface area (Å²) in [6, 6.07) is 1.88. The third-order valence-electron chi connectivity index (χ3n) is 6.41. The molecule has 29 heavy (non-hydrogen) atoms. The van der Waals surface area contributed by atoms with Gasteiger partial charge >= 0.3 is 0 Å². The summed E-state index contributed by atoms with van der Waals surface area (Å²) in [6.07, 6.45) is 4.38. The molecule has 0 aromatic carbocycles. The van der Waals surface area contributed by atoms with Gasteiger partial charge in [-0.25, -0.2) is 9.50 Å². The molecule has 2 aliphatic heterocycles. The summed E-state index contributed by atoms with van der Waals surface area (Å²) < 4.78 is 1.51. The number of carbonyl (C=O) groups excluding carboxylic acids is 2. The standard InChI is InChI=1S/C21H27N5O3/c1-12(2)19(27)24-9-7-14-16(11-24)22-18-10-15(23-26(18)21(14)29)17-4-3-8-25(17)20(28)13-5-6-13/h10,12-13,17,23H,3-9,11H2,1-2H3/t17-/m0/s1. The highest BCUT2D eigenvalue weighted by molar-refractivity contribution is 5.81. The molecule has 1 aliphatic carbocycles. The minimum absolute atomic E-state index is 0.0137. The van der Waals surface area contributed by atoms with Gasteiger partial charge in [0.15, 0.2) is 5.65 Å². The van der Waals surface area contributed by atoms with Crippen molar-refractivity contribution in [2.24, 2.45) is 11.8 Å². The molecule has 1 atom stereocenters. The molecule has 0 spiro atoms. The lowest BCUT2D eigenvalue weighted by atomic mass is 10.0. The summed E-state index contributed by atoms with van der Waals surface area (Å²) in [5.74, 6) is 0.455. The largest absolute Gasteiger partial charge is 0.336 e. The molecule has 3 aliphatic rings. The molecule has 154 valence electrons. The third kappa shape index (κ3) is 3.05. The van der Waals surface area contributed by atoms with Gasteiger partial charge in [0, 0.05) is 36.6 Å². The molecule has 1 N–H and O–H groups in total. The van der Waals surface area contributed by atoms with Crippen LogP contribution in [0.15, 0.2) is 10.9 Å². The predicted molar refractivity (Wildman–Crippen MR) is 106 cm³/mol. The molecule has 8 nitrogen and oxygen atoms in total. The van der Waals surface area contributed by atoms with Crippen LogP contribution in [-0.4, -0.2) is 49.3 Å². The first-order chi connectivity index (χ1) is 13.9. The van der Waals surface area contributed by atoms with Crippen molar-refractivity contribution < 1.29 is 9.59 Å². The van der Waals surface area contributed by atoms with Crippen LogP contribution in [0.2, 0.25) is 0 Å². The number of fused-ring (bicyclic) bond motifs is 2. The number of hydrogen-bond donors (Lipinski definition) is 1. The van der Waals surface area contributed by atoms with Gasteiger partial charge in [0.1, 0.15) is 0 Å². The van der Waals surface area contributed by atoms with Gasteiger partial charge in [-0.05, 0) is 32.1 Å². The van der Waals surface area contributed by atoms with Crippen molar-refractivity contribution in [1.29, 1.82) is 0 Å². The van der Waals surface area contributed by atoms with Crippen molar-refractivity contribution in [3.8, 4) is 0 Å². The second-order valence-corrected chi connectivity index (χ2v) is 8.88. The van der Waals surface area contributed by atoms with Gasteiger partial charge in [-0.15, -0.1) is 0 Å². The minimum Gasteiger partial charge on any atom is -0.336 e. The zero-order valence-electron chi connectivity index (χ0n) is 17.0. The van der Waals surface area contributed by atoms with Crippen LogP contribution < -0.4 is 5.56 Å². The van der Waals surface area contributed by atoms with E-state index < -0.39 is 0 Å². The van der Waals surface area contributed by atoms with E-state index in [2.05, 4.69) is 5.10 Å². The first-order valence-corrected chi connectivity index (χ1v) is 10.7. The average molecular weight is 397 g/mol. The van der Waals surface area contributed by atoms with Gasteiger partial charge in [0.25, 0.3) is 5.56 Å². The second kappa shape index (κ2) is 6.71. The number of hydrogen-bond acceptors (Lipinski definition) is 4. The Labute approximate surface area is 168 Å². The summed E-state index contributed by atoms with van der Waals surface area (Å²) in [5, 5.41) is 3.22. The smallest absolute Gasteiger partial charge is 0.276 e. The van der Waals surface area contributed by atoms with E-state index in [1.165, 1.54) is 4.52 Å². The maximum atomic E-state index is 13.1. The van der Waals surface area contributed by atoms with Crippen molar-refractivity contribution in [1.82, 2.24) is 24.4 Å². The Morgan fingerprint density at radius 2 is 2.00 bits per heavy atom. The highest BCUT2D eigenvalue weighted by Gasteiger charge is 2.39. The van der Waals surface area contributed by atoms with Crippen molar-refractivity contribution in [2.45, 2.75) is 58.5 Å². The van der Waals surface area contributed by atoms with Crippen LogP contribution in [0.1, 0.15) is 62.5 Å². The summed E-state index contributed by atoms with van der Waals surface area (Å²) >= 11 is 0. The quantitative estimate of drug-likeness (QED) is 0.852. The van der Waals surface area contributed by atoms with Crippen molar-refractivity contribution in [3.63, 3.8) is 0 Å². The summed E-state index contributed by atoms with van der Waals surface area (Å²) in [7, 11) is 0. The minimum atomic E-state index is -0.0917. The maximum Gasteiger partial charge on any atom is 0.276 e. The van der Waals surface area contributed by atoms with Gasteiger partial charge in [-0.1, -0.05) is 13.8 Å². The Hall–Kier alpha value is -2.64. The molecule has 2 amide bonds. The monoisotopic (exact) mass is 397 g/mol. The Morgan fingerprint density at radius 3 is 2.72 bits per heavy atom. The maximum absolute atomic E-state index is 13.1. The number of carbonyl (C=O) groups is 2. The fraction of sp³-hybridized carbons (Fsp3) is 0.619. The zero-order chi connectivity index (χ0) is 20.3. The van der Waals surface area contributed by atoms with Crippen LogP contribution in [0.25, 0.3) is 5.65 Å². The van der Waals surface area contributed by atoms with Gasteiger partial charge in [-0.2, -0.15) is 0 Å². The zero-order valence-corrected chi connectivity index (χ0v) is 17.0. The molecule has 4 heterocycles. The summed E-state index contributed by atoms with van der Waals surface area (Å²) in [5.41, 5.74) is 2.72. The number of H-pyrrole nitrogens is 1. The van der Waals surface area contributed by atoms with Crippen molar-refractivity contribution >= 4 is 17.5 Å². The predicted octanol–water partition coefficient (Wildman–Crippen LogP) is 1.64. The van der Waals surface area contributed by atoms with Crippen LogP contribution in [0.4, 0.5) is 0 Å². The summed E-state index contributed by atoms with van der Waals surface area (Å²) in [6.45, 7) is 5.48. The van der Waals surface area contributed by atoms with Gasteiger partial charge in [-0.3, -0.25) is 19.5 Å². The van der Waals surface area contributed by atoms with Crippen LogP contribution in [-0.2, 0) is 22.6 Å². The topological polar surface area (TPSA) is 90.8 Å². The van der Waals surface area contributed by atoms with E-state index in [1.54, 1.807) is 4.90 Å². The van der Waals surface area contributed by atoms with Crippen LogP contribution in [0.3, 0.4) is 0 Å². The molecule has 8 heteroatoms. The molecule has 2 fully saturated rings. The third-order valence-corrected chi connectivity index (χ3v) is 6.41. The van der Waals surface area contributed by atoms with Crippen molar-refractivity contribution in [2.75, 3.05) is 13.1 Å². The van der Waals surface area contributed by atoms with Gasteiger partial charge in [0.2, 0.25) is 11.8 Å². The van der Waals surface area contributed by atoms with Gasteiger partial charge < -0.3 is 9.80 Å². The molecule has 0 bridgehead atoms. The number of aromatic amines is 1. The number of aromatic nitrogens is 3. The van der Waals surface area contributed by atoms with E-state index in [0.717, 1.165) is 37.9 Å². The molecular formula is C21H27N5O3. The Bertz CT molecular complexity index is 1050. The lowest BCUT2D eigenvalue weighted by molar-refractivity contribution is -0.135. The van der Waals surface area contributed by atoms with Crippen LogP contribution in [0.5, 0.6) is 0 Å². The highest BCUT2D eigenvalue weighted by atomic mass is 16.2. The van der Waals surface area contributed by atoms with E-state index >= 15 is 0 Å². The molecule has 0 unspecified atom stereocenters. The van der Waals surface area contributed by atoms with E-state index in [1.807, 2.05) is 24.8 Å². The van der Waals surface area contributed by atoms with Crippen LogP contribution in [0, 0.1) is 11.8 Å². The molecule has 2 aromatic heterocycles. The molecule has 1 saturated heterocycles. The lowest BCUT2D eigenvalue weighted by Crippen LogP contribution is -2.41. The normalized spacial score (nSPS) is 21.8. The van der Waals surface area contributed by atoms with E-state index in [4.69, 9.17) is 4.98 Å². The number of nitrogens with zero attached hydrogens (tertiary/aromatic N) is 4. The Morgan fingerprint density at radius 1 is 1.21 bits per heavy atom. The number of amides is 2. The van der Waals surface area contributed by atoms with E-state index in [9.17, 15) is 14.4 Å². The number of rotatable bonds is 3. The first-order valence-electron chi connectivity index (χ1n) is 10.7. The molecule has 0 radical (unpaired) electrons. The van der Waals surface area contributed by atoms with Gasteiger partial charge in [0.05, 0.1) is 24.0 Å².